The zero-order valence-corrected chi connectivity index (χ0v) is 22.3. The molecular weight excluding hydrogens is 482 g/mol. The van der Waals surface area contributed by atoms with Gasteiger partial charge in [0.25, 0.3) is 0 Å². The van der Waals surface area contributed by atoms with E-state index in [1.165, 1.54) is 11.8 Å². The molecule has 0 saturated carbocycles. The summed E-state index contributed by atoms with van der Waals surface area (Å²) in [7, 11) is -3.82. The van der Waals surface area contributed by atoms with Crippen molar-refractivity contribution in [3.05, 3.63) is 53.6 Å². The maximum Gasteiger partial charge on any atom is 0.244 e. The van der Waals surface area contributed by atoms with Gasteiger partial charge < -0.3 is 19.7 Å². The molecule has 0 saturated heterocycles. The number of nitrogens with zero attached hydrogens (tertiary/aromatic N) is 2. The Morgan fingerprint density at radius 2 is 1.75 bits per heavy atom. The number of carbonyl (C=O) groups is 2. The molecule has 36 heavy (non-hydrogen) atoms. The van der Waals surface area contributed by atoms with Crippen molar-refractivity contribution in [3.8, 4) is 11.5 Å². The van der Waals surface area contributed by atoms with E-state index in [1.807, 2.05) is 45.0 Å². The topological polar surface area (TPSA) is 105 Å². The first-order valence-electron chi connectivity index (χ1n) is 12.1. The highest BCUT2D eigenvalue weighted by atomic mass is 32.2. The minimum atomic E-state index is -3.82. The van der Waals surface area contributed by atoms with Gasteiger partial charge in [0.2, 0.25) is 28.6 Å². The predicted molar refractivity (Wildman–Crippen MR) is 138 cm³/mol. The highest BCUT2D eigenvalue weighted by Crippen LogP contribution is 2.36. The largest absolute Gasteiger partial charge is 0.454 e. The van der Waals surface area contributed by atoms with Crippen molar-refractivity contribution < 1.29 is 27.5 Å². The van der Waals surface area contributed by atoms with E-state index >= 15 is 0 Å². The Labute approximate surface area is 213 Å². The number of carbonyl (C=O) groups excluding carboxylic acids is 2. The molecule has 2 aromatic rings. The summed E-state index contributed by atoms with van der Waals surface area (Å²) in [5.74, 6) is -0.0555. The van der Waals surface area contributed by atoms with Gasteiger partial charge in [-0.2, -0.15) is 0 Å². The number of fused-ring (bicyclic) bond motifs is 1. The van der Waals surface area contributed by atoms with Gasteiger partial charge in [-0.05, 0) is 57.4 Å². The van der Waals surface area contributed by atoms with Crippen molar-refractivity contribution in [1.82, 2.24) is 10.2 Å². The number of anilines is 1. The van der Waals surface area contributed by atoms with Crippen molar-refractivity contribution in [3.63, 3.8) is 0 Å². The van der Waals surface area contributed by atoms with Crippen molar-refractivity contribution in [2.24, 2.45) is 0 Å². The Hall–Kier alpha value is -3.27. The molecule has 0 bridgehead atoms. The second-order valence-electron chi connectivity index (χ2n) is 8.89. The molecule has 1 N–H and O–H groups in total. The lowest BCUT2D eigenvalue weighted by molar-refractivity contribution is -0.139. The number of hydrogen-bond acceptors (Lipinski definition) is 6. The third kappa shape index (κ3) is 6.29. The number of hydrogen-bond donors (Lipinski definition) is 1. The molecule has 0 aromatic heterocycles. The first-order chi connectivity index (χ1) is 17.1. The van der Waals surface area contributed by atoms with Crippen LogP contribution in [0.2, 0.25) is 0 Å². The molecular formula is C26H35N3O6S. The van der Waals surface area contributed by atoms with Crippen LogP contribution in [-0.2, 0) is 26.2 Å². The Balaban J connectivity index is 1.95. The molecule has 3 rings (SSSR count). The Morgan fingerprint density at radius 1 is 1.06 bits per heavy atom. The van der Waals surface area contributed by atoms with Crippen molar-refractivity contribution in [1.29, 1.82) is 0 Å². The van der Waals surface area contributed by atoms with Gasteiger partial charge in [-0.3, -0.25) is 13.9 Å². The third-order valence-corrected chi connectivity index (χ3v) is 8.13. The van der Waals surface area contributed by atoms with E-state index in [2.05, 4.69) is 5.32 Å². The molecule has 10 heteroatoms. The molecule has 2 aromatic carbocycles. The van der Waals surface area contributed by atoms with E-state index in [-0.39, 0.29) is 31.0 Å². The fourth-order valence-corrected chi connectivity index (χ4v) is 4.83. The molecule has 196 valence electrons. The van der Waals surface area contributed by atoms with Crippen molar-refractivity contribution >= 4 is 27.5 Å². The smallest absolute Gasteiger partial charge is 0.244 e. The van der Waals surface area contributed by atoms with Gasteiger partial charge in [-0.1, -0.05) is 31.2 Å². The summed E-state index contributed by atoms with van der Waals surface area (Å²) in [6.45, 7) is 8.73. The molecule has 2 atom stereocenters. The fourth-order valence-electron chi connectivity index (χ4n) is 3.78. The van der Waals surface area contributed by atoms with E-state index in [9.17, 15) is 18.0 Å². The minimum absolute atomic E-state index is 0.0469. The monoisotopic (exact) mass is 517 g/mol. The molecule has 0 fully saturated rings. The second-order valence-corrected chi connectivity index (χ2v) is 11.1. The highest BCUT2D eigenvalue weighted by molar-refractivity contribution is 7.92. The molecule has 9 nitrogen and oxygen atoms in total. The van der Waals surface area contributed by atoms with E-state index < -0.39 is 28.5 Å². The SMILES string of the molecule is CC[C@@H](C)NC(=O)[C@H](C)N(Cc1ccccc1C)C(=O)CN(c1ccc2c(c1)OCO2)S(=O)(=O)CC. The minimum Gasteiger partial charge on any atom is -0.454 e. The molecule has 1 heterocycles. The average Bonchev–Trinajstić information content (AvgIpc) is 3.34. The summed E-state index contributed by atoms with van der Waals surface area (Å²) in [6.07, 6.45) is 0.747. The number of benzene rings is 2. The predicted octanol–water partition coefficient (Wildman–Crippen LogP) is 3.21. The maximum absolute atomic E-state index is 13.7. The lowest BCUT2D eigenvalue weighted by Gasteiger charge is -2.32. The van der Waals surface area contributed by atoms with Gasteiger partial charge in [-0.15, -0.1) is 0 Å². The van der Waals surface area contributed by atoms with E-state index in [0.717, 1.165) is 21.9 Å². The summed E-state index contributed by atoms with van der Waals surface area (Å²) < 4.78 is 37.9. The summed E-state index contributed by atoms with van der Waals surface area (Å²) in [5, 5.41) is 2.92. The first-order valence-corrected chi connectivity index (χ1v) is 13.7. The van der Waals surface area contributed by atoms with E-state index in [4.69, 9.17) is 9.47 Å². The zero-order chi connectivity index (χ0) is 26.5. The summed E-state index contributed by atoms with van der Waals surface area (Å²) in [6, 6.07) is 11.5. The van der Waals surface area contributed by atoms with E-state index in [0.29, 0.717) is 17.2 Å². The van der Waals surface area contributed by atoms with E-state index in [1.54, 1.807) is 25.1 Å². The zero-order valence-electron chi connectivity index (χ0n) is 21.5. The lowest BCUT2D eigenvalue weighted by Crippen LogP contribution is -2.52. The van der Waals surface area contributed by atoms with Crippen molar-refractivity contribution in [2.45, 2.75) is 59.7 Å². The maximum atomic E-state index is 13.7. The number of amides is 2. The van der Waals surface area contributed by atoms with Crippen LogP contribution in [0.4, 0.5) is 5.69 Å². The third-order valence-electron chi connectivity index (χ3n) is 6.39. The first kappa shape index (κ1) is 27.3. The van der Waals surface area contributed by atoms with Crippen LogP contribution in [0.15, 0.2) is 42.5 Å². The van der Waals surface area contributed by atoms with Gasteiger partial charge in [0.1, 0.15) is 12.6 Å². The Kier molecular flexibility index (Phi) is 8.84. The van der Waals surface area contributed by atoms with Gasteiger partial charge in [-0.25, -0.2) is 8.42 Å². The summed E-state index contributed by atoms with van der Waals surface area (Å²) in [5.41, 5.74) is 2.14. The number of ether oxygens (including phenoxy) is 2. The average molecular weight is 518 g/mol. The number of nitrogens with one attached hydrogen (secondary N) is 1. The number of sulfonamides is 1. The molecule has 0 radical (unpaired) electrons. The summed E-state index contributed by atoms with van der Waals surface area (Å²) >= 11 is 0. The molecule has 1 aliphatic heterocycles. The van der Waals surface area contributed by atoms with Gasteiger partial charge in [0.05, 0.1) is 11.4 Å². The van der Waals surface area contributed by atoms with Crippen LogP contribution >= 0.6 is 0 Å². The highest BCUT2D eigenvalue weighted by Gasteiger charge is 2.32. The Morgan fingerprint density at radius 3 is 2.42 bits per heavy atom. The lowest BCUT2D eigenvalue weighted by atomic mass is 10.1. The van der Waals surface area contributed by atoms with Crippen LogP contribution in [0.1, 0.15) is 45.2 Å². The molecule has 0 unspecified atom stereocenters. The standard InChI is InChI=1S/C26H35N3O6S/c1-6-19(4)27-26(31)20(5)28(15-21-11-9-8-10-18(21)3)25(30)16-29(36(32,33)7-2)22-12-13-23-24(14-22)35-17-34-23/h8-14,19-20H,6-7,15-17H2,1-5H3,(H,27,31)/t19-,20+/m1/s1. The van der Waals surface area contributed by atoms with Crippen molar-refractivity contribution in [2.75, 3.05) is 23.4 Å². The Bertz CT molecular complexity index is 1200. The normalized spacial score (nSPS) is 14.1. The number of rotatable bonds is 11. The number of aryl methyl sites for hydroxylation is 1. The van der Waals surface area contributed by atoms with Gasteiger partial charge in [0.15, 0.2) is 11.5 Å². The molecule has 0 aliphatic carbocycles. The van der Waals surface area contributed by atoms with Crippen LogP contribution in [0.3, 0.4) is 0 Å². The van der Waals surface area contributed by atoms with Crippen LogP contribution in [0.25, 0.3) is 0 Å². The van der Waals surface area contributed by atoms with Crippen LogP contribution in [0.5, 0.6) is 11.5 Å². The van der Waals surface area contributed by atoms with Gasteiger partial charge in [0, 0.05) is 18.7 Å². The van der Waals surface area contributed by atoms with Gasteiger partial charge >= 0.3 is 0 Å². The molecule has 1 aliphatic rings. The quantitative estimate of drug-likeness (QED) is 0.491. The molecule has 2 amide bonds. The van der Waals surface area contributed by atoms with Crippen LogP contribution in [-0.4, -0.2) is 56.3 Å². The molecule has 0 spiro atoms. The second kappa shape index (κ2) is 11.6. The summed E-state index contributed by atoms with van der Waals surface area (Å²) in [4.78, 5) is 28.2. The fraction of sp³-hybridized carbons (Fsp3) is 0.462. The van der Waals surface area contributed by atoms with Crippen LogP contribution < -0.4 is 19.1 Å². The van der Waals surface area contributed by atoms with Crippen LogP contribution in [0, 0.1) is 6.92 Å².